The van der Waals surface area contributed by atoms with Crippen LogP contribution in [0.25, 0.3) is 0 Å². The molecule has 2 fully saturated rings. The number of thioether (sulfide) groups is 1. The molecule has 1 unspecified atom stereocenters. The second kappa shape index (κ2) is 13.2. The first-order valence-electron chi connectivity index (χ1n) is 15.0. The first kappa shape index (κ1) is 30.0. The number of carboxylic acid groups (broad SMARTS) is 1. The summed E-state index contributed by atoms with van der Waals surface area (Å²) in [5.41, 5.74) is 2.67. The number of hydrogen-bond donors (Lipinski definition) is 2. The van der Waals surface area contributed by atoms with E-state index in [0.717, 1.165) is 80.0 Å². The zero-order valence-corrected chi connectivity index (χ0v) is 25.0. The molecule has 2 aromatic rings. The van der Waals surface area contributed by atoms with Crippen LogP contribution in [0.15, 0.2) is 58.5 Å². The predicted molar refractivity (Wildman–Crippen MR) is 164 cm³/mol. The van der Waals surface area contributed by atoms with E-state index in [1.165, 1.54) is 11.4 Å². The van der Waals surface area contributed by atoms with Crippen LogP contribution in [0.1, 0.15) is 88.2 Å². The van der Waals surface area contributed by atoms with Gasteiger partial charge in [-0.1, -0.05) is 69.4 Å². The zero-order chi connectivity index (χ0) is 29.7. The fourth-order valence-corrected chi connectivity index (χ4v) is 7.25. The molecular formula is C33H39N3O5S. The molecule has 42 heavy (non-hydrogen) atoms. The lowest BCUT2D eigenvalue weighted by atomic mass is 9.76. The summed E-state index contributed by atoms with van der Waals surface area (Å²) in [6, 6.07) is 14.8. The van der Waals surface area contributed by atoms with Gasteiger partial charge in [-0.25, -0.2) is 5.01 Å². The van der Waals surface area contributed by atoms with Crippen LogP contribution in [-0.2, 0) is 19.2 Å². The van der Waals surface area contributed by atoms with Gasteiger partial charge in [0.15, 0.2) is 0 Å². The summed E-state index contributed by atoms with van der Waals surface area (Å²) in [7, 11) is 0. The third-order valence-corrected chi connectivity index (χ3v) is 9.91. The molecule has 9 heteroatoms. The largest absolute Gasteiger partial charge is 0.481 e. The van der Waals surface area contributed by atoms with Gasteiger partial charge in [-0.15, -0.1) is 11.8 Å². The minimum Gasteiger partial charge on any atom is -0.481 e. The number of amides is 2. The van der Waals surface area contributed by atoms with Gasteiger partial charge in [0.05, 0.1) is 17.4 Å². The number of nitrogens with one attached hydrogen (secondary N) is 1. The van der Waals surface area contributed by atoms with Gasteiger partial charge in [0.25, 0.3) is 5.91 Å². The molecule has 1 heterocycles. The van der Waals surface area contributed by atoms with Crippen molar-refractivity contribution in [2.75, 3.05) is 17.6 Å². The molecule has 0 radical (unpaired) electrons. The van der Waals surface area contributed by atoms with Gasteiger partial charge in [0.2, 0.25) is 5.91 Å². The maximum absolute atomic E-state index is 14.2. The van der Waals surface area contributed by atoms with Crippen molar-refractivity contribution in [3.63, 3.8) is 0 Å². The number of nitrogens with zero attached hydrogens (tertiary/aromatic N) is 2. The van der Waals surface area contributed by atoms with E-state index in [2.05, 4.69) is 5.32 Å². The third kappa shape index (κ3) is 6.94. The smallest absolute Gasteiger partial charge is 0.313 e. The van der Waals surface area contributed by atoms with E-state index in [-0.39, 0.29) is 36.3 Å². The highest BCUT2D eigenvalue weighted by atomic mass is 32.2. The van der Waals surface area contributed by atoms with Crippen LogP contribution in [0.2, 0.25) is 0 Å². The van der Waals surface area contributed by atoms with Crippen LogP contribution in [0.4, 0.5) is 5.69 Å². The number of hydrazone groups is 1. The SMILES string of the molecule is CC1(C(=O)CC2C(=O)N(CC(=O)Nc3cccc(SCC(=O)O)c3)N=C(C3CCCCC3)c3ccccc32)CCCC1. The van der Waals surface area contributed by atoms with E-state index < -0.39 is 23.2 Å². The number of carbonyl (C=O) groups is 4. The van der Waals surface area contributed by atoms with Crippen molar-refractivity contribution >= 4 is 46.7 Å². The summed E-state index contributed by atoms with van der Waals surface area (Å²) in [6.07, 6.45) is 9.14. The first-order chi connectivity index (χ1) is 20.2. The molecule has 2 amide bonds. The number of fused-ring (bicyclic) bond motifs is 1. The van der Waals surface area contributed by atoms with E-state index in [1.54, 1.807) is 24.3 Å². The molecule has 222 valence electrons. The number of carboxylic acids is 1. The van der Waals surface area contributed by atoms with Crippen LogP contribution < -0.4 is 5.32 Å². The molecular weight excluding hydrogens is 550 g/mol. The molecule has 3 aliphatic rings. The normalized spacial score (nSPS) is 20.4. The number of aliphatic carboxylic acids is 1. The van der Waals surface area contributed by atoms with Crippen LogP contribution >= 0.6 is 11.8 Å². The van der Waals surface area contributed by atoms with E-state index in [9.17, 15) is 19.2 Å². The van der Waals surface area contributed by atoms with Crippen LogP contribution in [0, 0.1) is 11.3 Å². The Morgan fingerprint density at radius 3 is 2.50 bits per heavy atom. The van der Waals surface area contributed by atoms with Gasteiger partial charge in [-0.05, 0) is 49.4 Å². The minimum absolute atomic E-state index is 0.0853. The Labute approximate surface area is 251 Å². The van der Waals surface area contributed by atoms with Gasteiger partial charge in [-0.3, -0.25) is 19.2 Å². The second-order valence-corrected chi connectivity index (χ2v) is 13.1. The molecule has 8 nitrogen and oxygen atoms in total. The van der Waals surface area contributed by atoms with Crippen molar-refractivity contribution in [2.24, 2.45) is 16.4 Å². The van der Waals surface area contributed by atoms with Crippen molar-refractivity contribution in [2.45, 2.75) is 81.9 Å². The standard InChI is InChI=1S/C33H39N3O5S/c1-33(16-7-8-17-33)28(37)19-27-25-14-5-6-15-26(25)31(22-10-3-2-4-11-22)35-36(32(27)41)20-29(38)34-23-12-9-13-24(18-23)42-21-30(39)40/h5-6,9,12-15,18,22,27H,2-4,7-8,10-11,16-17,19-21H2,1H3,(H,34,38)(H,39,40). The number of carbonyl (C=O) groups excluding carboxylic acids is 3. The summed E-state index contributed by atoms with van der Waals surface area (Å²) in [6.45, 7) is 1.74. The van der Waals surface area contributed by atoms with Crippen molar-refractivity contribution < 1.29 is 24.3 Å². The Morgan fingerprint density at radius 2 is 1.76 bits per heavy atom. The van der Waals surface area contributed by atoms with Gasteiger partial charge >= 0.3 is 5.97 Å². The summed E-state index contributed by atoms with van der Waals surface area (Å²) in [5, 5.41) is 18.0. The van der Waals surface area contributed by atoms with Crippen molar-refractivity contribution in [3.8, 4) is 0 Å². The number of hydrogen-bond acceptors (Lipinski definition) is 6. The molecule has 0 saturated heterocycles. The second-order valence-electron chi connectivity index (χ2n) is 12.0. The zero-order valence-electron chi connectivity index (χ0n) is 24.1. The predicted octanol–water partition coefficient (Wildman–Crippen LogP) is 6.25. The van der Waals surface area contributed by atoms with Gasteiger partial charge < -0.3 is 10.4 Å². The van der Waals surface area contributed by atoms with E-state index in [4.69, 9.17) is 10.2 Å². The van der Waals surface area contributed by atoms with Crippen LogP contribution in [0.5, 0.6) is 0 Å². The number of anilines is 1. The maximum Gasteiger partial charge on any atom is 0.313 e. The van der Waals surface area contributed by atoms with Gasteiger partial charge in [0, 0.05) is 33.9 Å². The lowest BCUT2D eigenvalue weighted by Crippen LogP contribution is -2.38. The lowest BCUT2D eigenvalue weighted by Gasteiger charge is -2.26. The van der Waals surface area contributed by atoms with Crippen LogP contribution in [-0.4, -0.2) is 51.7 Å². The molecule has 0 spiro atoms. The van der Waals surface area contributed by atoms with E-state index in [0.29, 0.717) is 10.6 Å². The Balaban J connectivity index is 1.43. The number of benzene rings is 2. The van der Waals surface area contributed by atoms with Crippen LogP contribution in [0.3, 0.4) is 0 Å². The highest BCUT2D eigenvalue weighted by molar-refractivity contribution is 8.00. The third-order valence-electron chi connectivity index (χ3n) is 8.93. The molecule has 0 aromatic heterocycles. The average Bonchev–Trinajstić information content (AvgIpc) is 3.41. The molecule has 0 bridgehead atoms. The maximum atomic E-state index is 14.2. The minimum atomic E-state index is -0.920. The molecule has 2 aromatic carbocycles. The molecule has 5 rings (SSSR count). The quantitative estimate of drug-likeness (QED) is 0.317. The number of Topliss-reactive ketones (excluding diaryl/α,β-unsaturated/α-hetero) is 1. The summed E-state index contributed by atoms with van der Waals surface area (Å²) < 4.78 is 0. The lowest BCUT2D eigenvalue weighted by molar-refractivity contribution is -0.138. The van der Waals surface area contributed by atoms with Gasteiger partial charge in [0.1, 0.15) is 12.3 Å². The highest BCUT2D eigenvalue weighted by Crippen LogP contribution is 2.42. The number of ketones is 1. The monoisotopic (exact) mass is 589 g/mol. The Kier molecular flexibility index (Phi) is 9.46. The number of rotatable bonds is 10. The average molecular weight is 590 g/mol. The molecule has 1 atom stereocenters. The summed E-state index contributed by atoms with van der Waals surface area (Å²) >= 11 is 1.16. The topological polar surface area (TPSA) is 116 Å². The molecule has 2 aliphatic carbocycles. The van der Waals surface area contributed by atoms with Crippen molar-refractivity contribution in [3.05, 3.63) is 59.7 Å². The molecule has 2 N–H and O–H groups in total. The van der Waals surface area contributed by atoms with E-state index >= 15 is 0 Å². The van der Waals surface area contributed by atoms with Gasteiger partial charge in [-0.2, -0.15) is 5.10 Å². The summed E-state index contributed by atoms with van der Waals surface area (Å²) in [5.74, 6) is -2.16. The fourth-order valence-electron chi connectivity index (χ4n) is 6.58. The Bertz CT molecular complexity index is 1380. The first-order valence-corrected chi connectivity index (χ1v) is 16.0. The van der Waals surface area contributed by atoms with Crippen molar-refractivity contribution in [1.82, 2.24) is 5.01 Å². The van der Waals surface area contributed by atoms with Crippen molar-refractivity contribution in [1.29, 1.82) is 0 Å². The highest BCUT2D eigenvalue weighted by Gasteiger charge is 2.42. The molecule has 1 aliphatic heterocycles. The Morgan fingerprint density at radius 1 is 1.02 bits per heavy atom. The Hall–Kier alpha value is -3.46. The fraction of sp³-hybridized carbons (Fsp3) is 0.485. The van der Waals surface area contributed by atoms with E-state index in [1.807, 2.05) is 31.2 Å². The summed E-state index contributed by atoms with van der Waals surface area (Å²) in [4.78, 5) is 52.9. The molecule has 2 saturated carbocycles.